The fraction of sp³-hybridized carbons (Fsp3) is 0.727. The van der Waals surface area contributed by atoms with E-state index < -0.39 is 0 Å². The summed E-state index contributed by atoms with van der Waals surface area (Å²) in [4.78, 5) is 11.6. The zero-order valence-corrected chi connectivity index (χ0v) is 8.15. The summed E-state index contributed by atoms with van der Waals surface area (Å²) in [6.07, 6.45) is 6.24. The van der Waals surface area contributed by atoms with Gasteiger partial charge in [0.1, 0.15) is 0 Å². The van der Waals surface area contributed by atoms with Crippen molar-refractivity contribution in [2.75, 3.05) is 0 Å². The average molecular weight is 166 g/mol. The molecule has 0 saturated carbocycles. The van der Waals surface area contributed by atoms with Gasteiger partial charge in [-0.05, 0) is 37.7 Å². The van der Waals surface area contributed by atoms with E-state index in [-0.39, 0.29) is 0 Å². The molecule has 0 spiro atoms. The first-order chi connectivity index (χ1) is 5.79. The van der Waals surface area contributed by atoms with Crippen LogP contribution in [0.1, 0.15) is 52.4 Å². The maximum Gasteiger partial charge on any atom is 0.158 e. The molecule has 0 unspecified atom stereocenters. The number of ketones is 1. The number of carbonyl (C=O) groups is 1. The number of Topliss-reactive ketones (excluding diaryl/α,β-unsaturated/α-hetero) is 1. The SMILES string of the molecule is CCC1=C(CC)C(=O)CCCC1. The molecule has 1 rings (SSSR count). The highest BCUT2D eigenvalue weighted by atomic mass is 16.1. The van der Waals surface area contributed by atoms with Crippen LogP contribution in [0.15, 0.2) is 11.1 Å². The van der Waals surface area contributed by atoms with Crippen LogP contribution in [-0.4, -0.2) is 5.78 Å². The lowest BCUT2D eigenvalue weighted by Crippen LogP contribution is -2.02. The summed E-state index contributed by atoms with van der Waals surface area (Å²) in [6, 6.07) is 0. The molecular weight excluding hydrogens is 148 g/mol. The molecule has 1 aliphatic carbocycles. The Labute approximate surface area is 74.9 Å². The van der Waals surface area contributed by atoms with Crippen LogP contribution in [0.25, 0.3) is 0 Å². The summed E-state index contributed by atoms with van der Waals surface area (Å²) >= 11 is 0. The minimum absolute atomic E-state index is 0.409. The Balaban J connectivity index is 2.86. The van der Waals surface area contributed by atoms with Gasteiger partial charge in [0.05, 0.1) is 0 Å². The molecule has 0 atom stereocenters. The van der Waals surface area contributed by atoms with E-state index >= 15 is 0 Å². The fourth-order valence-corrected chi connectivity index (χ4v) is 1.96. The molecule has 0 N–H and O–H groups in total. The lowest BCUT2D eigenvalue weighted by atomic mass is 9.98. The molecule has 0 fully saturated rings. The molecule has 0 heterocycles. The first-order valence-corrected chi connectivity index (χ1v) is 5.03. The monoisotopic (exact) mass is 166 g/mol. The lowest BCUT2D eigenvalue weighted by Gasteiger charge is -2.06. The van der Waals surface area contributed by atoms with Gasteiger partial charge in [0.2, 0.25) is 0 Å². The molecule has 0 aliphatic heterocycles. The van der Waals surface area contributed by atoms with Gasteiger partial charge in [0, 0.05) is 6.42 Å². The largest absolute Gasteiger partial charge is 0.295 e. The van der Waals surface area contributed by atoms with Crippen LogP contribution in [0.3, 0.4) is 0 Å². The Kier molecular flexibility index (Phi) is 3.51. The van der Waals surface area contributed by atoms with Gasteiger partial charge in [0.25, 0.3) is 0 Å². The molecule has 0 saturated heterocycles. The van der Waals surface area contributed by atoms with Crippen molar-refractivity contribution in [2.24, 2.45) is 0 Å². The standard InChI is InChI=1S/C11H18O/c1-3-9-7-5-6-8-11(12)10(9)4-2/h3-8H2,1-2H3. The van der Waals surface area contributed by atoms with Gasteiger partial charge in [-0.2, -0.15) is 0 Å². The number of allylic oxidation sites excluding steroid dienone is 2. The molecular formula is C11H18O. The van der Waals surface area contributed by atoms with E-state index in [9.17, 15) is 4.79 Å². The summed E-state index contributed by atoms with van der Waals surface area (Å²) in [6.45, 7) is 4.25. The van der Waals surface area contributed by atoms with Crippen molar-refractivity contribution in [2.45, 2.75) is 52.4 Å². The van der Waals surface area contributed by atoms with Crippen molar-refractivity contribution in [3.8, 4) is 0 Å². The lowest BCUT2D eigenvalue weighted by molar-refractivity contribution is -0.115. The fourth-order valence-electron chi connectivity index (χ4n) is 1.96. The van der Waals surface area contributed by atoms with E-state index in [4.69, 9.17) is 0 Å². The van der Waals surface area contributed by atoms with Crippen molar-refractivity contribution in [3.63, 3.8) is 0 Å². The minimum atomic E-state index is 0.409. The van der Waals surface area contributed by atoms with Crippen LogP contribution in [0.5, 0.6) is 0 Å². The predicted octanol–water partition coefficient (Wildman–Crippen LogP) is 3.25. The Bertz CT molecular complexity index is 201. The van der Waals surface area contributed by atoms with Crippen molar-refractivity contribution < 1.29 is 4.79 Å². The number of carbonyl (C=O) groups excluding carboxylic acids is 1. The van der Waals surface area contributed by atoms with Gasteiger partial charge in [0.15, 0.2) is 5.78 Å². The van der Waals surface area contributed by atoms with Crippen LogP contribution in [0.4, 0.5) is 0 Å². The van der Waals surface area contributed by atoms with Gasteiger partial charge < -0.3 is 0 Å². The molecule has 0 bridgehead atoms. The molecule has 0 aromatic heterocycles. The van der Waals surface area contributed by atoms with E-state index in [1.54, 1.807) is 0 Å². The second kappa shape index (κ2) is 4.44. The van der Waals surface area contributed by atoms with Gasteiger partial charge >= 0.3 is 0 Å². The molecule has 0 radical (unpaired) electrons. The molecule has 1 nitrogen and oxygen atoms in total. The topological polar surface area (TPSA) is 17.1 Å². The highest BCUT2D eigenvalue weighted by Crippen LogP contribution is 2.25. The van der Waals surface area contributed by atoms with Crippen LogP contribution < -0.4 is 0 Å². The third kappa shape index (κ3) is 1.96. The summed E-state index contributed by atoms with van der Waals surface area (Å²) in [5.41, 5.74) is 2.55. The zero-order chi connectivity index (χ0) is 8.97. The highest BCUT2D eigenvalue weighted by Gasteiger charge is 2.15. The molecule has 68 valence electrons. The summed E-state index contributed by atoms with van der Waals surface area (Å²) in [5.74, 6) is 0.409. The second-order valence-electron chi connectivity index (χ2n) is 3.42. The van der Waals surface area contributed by atoms with Crippen molar-refractivity contribution in [1.29, 1.82) is 0 Å². The smallest absolute Gasteiger partial charge is 0.158 e. The van der Waals surface area contributed by atoms with Gasteiger partial charge in [-0.3, -0.25) is 4.79 Å². The molecule has 1 aliphatic rings. The number of hydrogen-bond acceptors (Lipinski definition) is 1. The van der Waals surface area contributed by atoms with Gasteiger partial charge in [-0.1, -0.05) is 19.4 Å². The third-order valence-electron chi connectivity index (χ3n) is 2.68. The van der Waals surface area contributed by atoms with E-state index in [1.165, 1.54) is 12.0 Å². The van der Waals surface area contributed by atoms with Crippen LogP contribution >= 0.6 is 0 Å². The molecule has 0 amide bonds. The first kappa shape index (κ1) is 9.50. The maximum atomic E-state index is 11.6. The second-order valence-corrected chi connectivity index (χ2v) is 3.42. The van der Waals surface area contributed by atoms with Gasteiger partial charge in [-0.25, -0.2) is 0 Å². The Morgan fingerprint density at radius 1 is 1.08 bits per heavy atom. The average Bonchev–Trinajstić information content (AvgIpc) is 2.26. The Morgan fingerprint density at radius 3 is 2.33 bits per heavy atom. The highest BCUT2D eigenvalue weighted by molar-refractivity contribution is 5.96. The van der Waals surface area contributed by atoms with Crippen LogP contribution in [-0.2, 0) is 4.79 Å². The first-order valence-electron chi connectivity index (χ1n) is 5.03. The van der Waals surface area contributed by atoms with Crippen molar-refractivity contribution in [3.05, 3.63) is 11.1 Å². The van der Waals surface area contributed by atoms with E-state index in [0.29, 0.717) is 5.78 Å². The third-order valence-corrected chi connectivity index (χ3v) is 2.68. The number of hydrogen-bond donors (Lipinski definition) is 0. The Morgan fingerprint density at radius 2 is 1.75 bits per heavy atom. The molecule has 0 aromatic rings. The molecule has 0 aromatic carbocycles. The number of rotatable bonds is 2. The Hall–Kier alpha value is -0.590. The van der Waals surface area contributed by atoms with E-state index in [2.05, 4.69) is 13.8 Å². The van der Waals surface area contributed by atoms with E-state index in [1.807, 2.05) is 0 Å². The van der Waals surface area contributed by atoms with Crippen LogP contribution in [0.2, 0.25) is 0 Å². The van der Waals surface area contributed by atoms with Crippen LogP contribution in [0, 0.1) is 0 Å². The van der Waals surface area contributed by atoms with Crippen molar-refractivity contribution in [1.82, 2.24) is 0 Å². The van der Waals surface area contributed by atoms with Crippen molar-refractivity contribution >= 4 is 5.78 Å². The zero-order valence-electron chi connectivity index (χ0n) is 8.15. The maximum absolute atomic E-state index is 11.6. The quantitative estimate of drug-likeness (QED) is 0.615. The minimum Gasteiger partial charge on any atom is -0.295 e. The summed E-state index contributed by atoms with van der Waals surface area (Å²) in [5, 5.41) is 0. The van der Waals surface area contributed by atoms with E-state index in [0.717, 1.165) is 37.7 Å². The normalized spacial score (nSPS) is 19.7. The molecule has 1 heteroatoms. The summed E-state index contributed by atoms with van der Waals surface area (Å²) in [7, 11) is 0. The molecule has 12 heavy (non-hydrogen) atoms. The van der Waals surface area contributed by atoms with Gasteiger partial charge in [-0.15, -0.1) is 0 Å². The summed E-state index contributed by atoms with van der Waals surface area (Å²) < 4.78 is 0. The predicted molar refractivity (Wildman–Crippen MR) is 51.1 cm³/mol.